The molecule has 1 atom stereocenters. The van der Waals surface area contributed by atoms with Crippen LogP contribution in [0.3, 0.4) is 0 Å². The second-order valence-electron chi connectivity index (χ2n) is 8.02. The van der Waals surface area contributed by atoms with E-state index in [1.54, 1.807) is 60.9 Å². The SMILES string of the molecule is Cc1cc(-c2n[nH]c3ccc(-c4ccn(C(CO)c5cccc(Cl)c5)c(=O)c4)c(F)c23)ccn1. The van der Waals surface area contributed by atoms with Gasteiger partial charge in [-0.2, -0.15) is 5.10 Å². The fourth-order valence-corrected chi connectivity index (χ4v) is 4.38. The monoisotopic (exact) mass is 474 g/mol. The van der Waals surface area contributed by atoms with Gasteiger partial charge in [-0.25, -0.2) is 4.39 Å². The molecule has 0 saturated heterocycles. The highest BCUT2D eigenvalue weighted by Crippen LogP contribution is 2.34. The number of nitrogens with one attached hydrogen (secondary N) is 1. The van der Waals surface area contributed by atoms with Crippen molar-refractivity contribution < 1.29 is 9.50 Å². The van der Waals surface area contributed by atoms with E-state index in [0.29, 0.717) is 32.7 Å². The Hall–Kier alpha value is -3.81. The zero-order valence-corrected chi connectivity index (χ0v) is 18.9. The van der Waals surface area contributed by atoms with Gasteiger partial charge in [0.05, 0.1) is 23.6 Å². The Kier molecular flexibility index (Phi) is 5.73. The number of pyridine rings is 2. The van der Waals surface area contributed by atoms with Crippen LogP contribution in [0.25, 0.3) is 33.3 Å². The molecule has 0 amide bonds. The molecule has 8 heteroatoms. The van der Waals surface area contributed by atoms with Crippen molar-refractivity contribution in [3.8, 4) is 22.4 Å². The summed E-state index contributed by atoms with van der Waals surface area (Å²) in [5, 5.41) is 18.0. The number of aryl methyl sites for hydroxylation is 1. The number of hydrogen-bond acceptors (Lipinski definition) is 4. The Morgan fingerprint density at radius 3 is 2.71 bits per heavy atom. The van der Waals surface area contributed by atoms with Gasteiger partial charge in [0.1, 0.15) is 11.5 Å². The van der Waals surface area contributed by atoms with Gasteiger partial charge < -0.3 is 9.67 Å². The average Bonchev–Trinajstić information content (AvgIpc) is 3.26. The molecule has 0 radical (unpaired) electrons. The highest BCUT2D eigenvalue weighted by Gasteiger charge is 2.19. The van der Waals surface area contributed by atoms with Crippen LogP contribution < -0.4 is 5.56 Å². The lowest BCUT2D eigenvalue weighted by molar-refractivity contribution is 0.247. The van der Waals surface area contributed by atoms with Gasteiger partial charge in [0, 0.05) is 40.3 Å². The van der Waals surface area contributed by atoms with E-state index in [1.165, 1.54) is 10.6 Å². The molecule has 1 unspecified atom stereocenters. The molecule has 3 aromatic heterocycles. The van der Waals surface area contributed by atoms with Crippen molar-refractivity contribution in [3.05, 3.63) is 106 Å². The van der Waals surface area contributed by atoms with E-state index in [9.17, 15) is 9.90 Å². The van der Waals surface area contributed by atoms with Gasteiger partial charge in [-0.1, -0.05) is 23.7 Å². The first-order chi connectivity index (χ1) is 16.5. The summed E-state index contributed by atoms with van der Waals surface area (Å²) < 4.78 is 17.2. The predicted molar refractivity (Wildman–Crippen MR) is 130 cm³/mol. The third kappa shape index (κ3) is 3.89. The van der Waals surface area contributed by atoms with E-state index in [1.807, 2.05) is 13.0 Å². The van der Waals surface area contributed by atoms with Crippen molar-refractivity contribution in [2.24, 2.45) is 0 Å². The molecule has 2 N–H and O–H groups in total. The number of benzene rings is 2. The number of fused-ring (bicyclic) bond motifs is 1. The van der Waals surface area contributed by atoms with Gasteiger partial charge in [-0.05, 0) is 60.5 Å². The number of aliphatic hydroxyl groups is 1. The average molecular weight is 475 g/mol. The molecule has 0 aliphatic carbocycles. The van der Waals surface area contributed by atoms with Crippen molar-refractivity contribution >= 4 is 22.5 Å². The van der Waals surface area contributed by atoms with Crippen molar-refractivity contribution in [1.29, 1.82) is 0 Å². The lowest BCUT2D eigenvalue weighted by atomic mass is 10.0. The molecule has 0 saturated carbocycles. The second-order valence-corrected chi connectivity index (χ2v) is 8.46. The normalized spacial score (nSPS) is 12.2. The number of aromatic nitrogens is 4. The number of aliphatic hydroxyl groups excluding tert-OH is 1. The summed E-state index contributed by atoms with van der Waals surface area (Å²) in [7, 11) is 0. The van der Waals surface area contributed by atoms with Crippen LogP contribution in [0.4, 0.5) is 4.39 Å². The molecule has 0 spiro atoms. The zero-order valence-electron chi connectivity index (χ0n) is 18.2. The molecule has 0 bridgehead atoms. The van der Waals surface area contributed by atoms with Crippen LogP contribution in [0.5, 0.6) is 0 Å². The number of aromatic amines is 1. The van der Waals surface area contributed by atoms with Gasteiger partial charge in [0.25, 0.3) is 5.56 Å². The summed E-state index contributed by atoms with van der Waals surface area (Å²) in [6, 6.07) is 16.4. The van der Waals surface area contributed by atoms with Crippen LogP contribution >= 0.6 is 11.6 Å². The standard InChI is InChI=1S/C26H20ClFN4O2/c1-15-11-18(7-9-29-15)26-24-21(30-31-26)6-5-20(25(24)28)16-8-10-32(23(34)13-16)22(14-33)17-3-2-4-19(27)12-17/h2-13,22,33H,14H2,1H3,(H,30,31). The maximum atomic E-state index is 15.8. The molecule has 5 aromatic rings. The minimum Gasteiger partial charge on any atom is -0.394 e. The molecule has 5 rings (SSSR count). The number of H-pyrrole nitrogens is 1. The summed E-state index contributed by atoms with van der Waals surface area (Å²) in [6.07, 6.45) is 3.22. The molecular formula is C26H20ClFN4O2. The fraction of sp³-hybridized carbons (Fsp3) is 0.115. The van der Waals surface area contributed by atoms with E-state index in [4.69, 9.17) is 11.6 Å². The largest absolute Gasteiger partial charge is 0.394 e. The molecule has 34 heavy (non-hydrogen) atoms. The van der Waals surface area contributed by atoms with E-state index >= 15 is 4.39 Å². The smallest absolute Gasteiger partial charge is 0.251 e. The first-order valence-corrected chi connectivity index (χ1v) is 11.0. The maximum absolute atomic E-state index is 15.8. The maximum Gasteiger partial charge on any atom is 0.251 e. The summed E-state index contributed by atoms with van der Waals surface area (Å²) in [6.45, 7) is 1.57. The Morgan fingerprint density at radius 1 is 1.12 bits per heavy atom. The van der Waals surface area contributed by atoms with Gasteiger partial charge in [0.15, 0.2) is 0 Å². The van der Waals surface area contributed by atoms with Crippen LogP contribution in [-0.4, -0.2) is 31.5 Å². The number of hydrogen-bond donors (Lipinski definition) is 2. The third-order valence-electron chi connectivity index (χ3n) is 5.84. The first kappa shape index (κ1) is 22.0. The number of rotatable bonds is 5. The molecule has 0 fully saturated rings. The summed E-state index contributed by atoms with van der Waals surface area (Å²) in [5.74, 6) is -0.471. The number of halogens is 2. The lowest BCUT2D eigenvalue weighted by Gasteiger charge is -2.19. The lowest BCUT2D eigenvalue weighted by Crippen LogP contribution is -2.26. The van der Waals surface area contributed by atoms with Crippen LogP contribution in [0, 0.1) is 12.7 Å². The van der Waals surface area contributed by atoms with E-state index in [0.717, 1.165) is 11.3 Å². The minimum atomic E-state index is -0.608. The molecule has 2 aromatic carbocycles. The fourth-order valence-electron chi connectivity index (χ4n) is 4.18. The quantitative estimate of drug-likeness (QED) is 0.369. The molecule has 170 valence electrons. The van der Waals surface area contributed by atoms with E-state index in [2.05, 4.69) is 15.2 Å². The predicted octanol–water partition coefficient (Wildman–Crippen LogP) is 5.14. The Morgan fingerprint density at radius 2 is 1.97 bits per heavy atom. The van der Waals surface area contributed by atoms with Crippen molar-refractivity contribution in [1.82, 2.24) is 19.7 Å². The van der Waals surface area contributed by atoms with Gasteiger partial charge >= 0.3 is 0 Å². The van der Waals surface area contributed by atoms with Crippen LogP contribution in [-0.2, 0) is 0 Å². The highest BCUT2D eigenvalue weighted by molar-refractivity contribution is 6.30. The summed E-state index contributed by atoms with van der Waals surface area (Å²) >= 11 is 6.08. The first-order valence-electron chi connectivity index (χ1n) is 10.6. The second kappa shape index (κ2) is 8.85. The highest BCUT2D eigenvalue weighted by atomic mass is 35.5. The van der Waals surface area contributed by atoms with Crippen LogP contribution in [0.2, 0.25) is 5.02 Å². The topological polar surface area (TPSA) is 83.8 Å². The molecule has 3 heterocycles. The van der Waals surface area contributed by atoms with Crippen LogP contribution in [0.1, 0.15) is 17.3 Å². The van der Waals surface area contributed by atoms with Crippen molar-refractivity contribution in [3.63, 3.8) is 0 Å². The molecule has 6 nitrogen and oxygen atoms in total. The Balaban J connectivity index is 1.59. The van der Waals surface area contributed by atoms with E-state index < -0.39 is 11.9 Å². The number of nitrogens with zero attached hydrogens (tertiary/aromatic N) is 3. The molecule has 0 aliphatic rings. The molecular weight excluding hydrogens is 455 g/mol. The van der Waals surface area contributed by atoms with Crippen molar-refractivity contribution in [2.45, 2.75) is 13.0 Å². The van der Waals surface area contributed by atoms with Gasteiger partial charge in [0.2, 0.25) is 0 Å². The van der Waals surface area contributed by atoms with Gasteiger partial charge in [-0.3, -0.25) is 14.9 Å². The van der Waals surface area contributed by atoms with Crippen LogP contribution in [0.15, 0.2) is 77.9 Å². The zero-order chi connectivity index (χ0) is 23.8. The summed E-state index contributed by atoms with van der Waals surface area (Å²) in [4.78, 5) is 17.2. The van der Waals surface area contributed by atoms with Gasteiger partial charge in [-0.15, -0.1) is 0 Å². The minimum absolute atomic E-state index is 0.286. The molecule has 0 aliphatic heterocycles. The van der Waals surface area contributed by atoms with E-state index in [-0.39, 0.29) is 17.7 Å². The summed E-state index contributed by atoms with van der Waals surface area (Å²) in [5.41, 5.74) is 3.63. The Bertz CT molecular complexity index is 1580. The van der Waals surface area contributed by atoms with Crippen molar-refractivity contribution in [2.75, 3.05) is 6.61 Å². The third-order valence-corrected chi connectivity index (χ3v) is 6.07. The Labute approximate surface area is 199 Å².